The van der Waals surface area contributed by atoms with Crippen molar-refractivity contribution in [2.24, 2.45) is 7.05 Å². The molecule has 0 aliphatic carbocycles. The van der Waals surface area contributed by atoms with E-state index in [1.54, 1.807) is 12.1 Å². The zero-order valence-electron chi connectivity index (χ0n) is 17.3. The predicted molar refractivity (Wildman–Crippen MR) is 117 cm³/mol. The molecule has 2 aromatic carbocycles. The Balaban J connectivity index is 1.63. The van der Waals surface area contributed by atoms with E-state index in [0.717, 1.165) is 18.4 Å². The highest BCUT2D eigenvalue weighted by atomic mass is 16.5. The molecule has 1 aliphatic rings. The molecule has 2 heterocycles. The molecule has 0 bridgehead atoms. The van der Waals surface area contributed by atoms with E-state index in [1.807, 2.05) is 42.5 Å². The number of carbonyl (C=O) groups is 2. The Labute approximate surface area is 179 Å². The van der Waals surface area contributed by atoms with E-state index in [9.17, 15) is 14.4 Å². The van der Waals surface area contributed by atoms with Gasteiger partial charge in [0.15, 0.2) is 6.61 Å². The van der Waals surface area contributed by atoms with Gasteiger partial charge in [-0.3, -0.25) is 9.59 Å². The maximum atomic E-state index is 13.0. The number of nitrogens with zero attached hydrogens (tertiary/aromatic N) is 1. The van der Waals surface area contributed by atoms with E-state index in [-0.39, 0.29) is 17.4 Å². The SMILES string of the molecule is Cn1c(C(=O)OCC(=O)NCC2CCCO2)c(-c2ccccc2)c2ccccc2c1=O. The van der Waals surface area contributed by atoms with Crippen LogP contribution in [0.5, 0.6) is 0 Å². The summed E-state index contributed by atoms with van der Waals surface area (Å²) in [6.45, 7) is 0.661. The Morgan fingerprint density at radius 1 is 1.10 bits per heavy atom. The Bertz CT molecular complexity index is 1160. The van der Waals surface area contributed by atoms with Gasteiger partial charge in [0.05, 0.1) is 6.10 Å². The number of pyridine rings is 1. The van der Waals surface area contributed by atoms with Crippen molar-refractivity contribution in [2.45, 2.75) is 18.9 Å². The summed E-state index contributed by atoms with van der Waals surface area (Å²) < 4.78 is 12.1. The largest absolute Gasteiger partial charge is 0.451 e. The molecular weight excluding hydrogens is 396 g/mol. The molecule has 31 heavy (non-hydrogen) atoms. The van der Waals surface area contributed by atoms with Crippen LogP contribution in [0, 0.1) is 0 Å². The van der Waals surface area contributed by atoms with E-state index in [2.05, 4.69) is 5.32 Å². The molecule has 1 fully saturated rings. The minimum Gasteiger partial charge on any atom is -0.451 e. The van der Waals surface area contributed by atoms with Crippen LogP contribution in [0.25, 0.3) is 21.9 Å². The number of hydrogen-bond donors (Lipinski definition) is 1. The molecule has 3 aromatic rings. The summed E-state index contributed by atoms with van der Waals surface area (Å²) in [5.41, 5.74) is 1.19. The normalized spacial score (nSPS) is 15.7. The first-order valence-electron chi connectivity index (χ1n) is 10.3. The Morgan fingerprint density at radius 2 is 1.81 bits per heavy atom. The van der Waals surface area contributed by atoms with Crippen molar-refractivity contribution in [3.05, 3.63) is 70.6 Å². The lowest BCUT2D eigenvalue weighted by atomic mass is 9.97. The van der Waals surface area contributed by atoms with Gasteiger partial charge in [-0.05, 0) is 29.9 Å². The molecule has 7 heteroatoms. The Hall–Kier alpha value is -3.45. The molecule has 0 radical (unpaired) electrons. The number of benzene rings is 2. The van der Waals surface area contributed by atoms with E-state index < -0.39 is 18.5 Å². The second kappa shape index (κ2) is 9.14. The first kappa shape index (κ1) is 20.8. The number of carbonyl (C=O) groups excluding carboxylic acids is 2. The summed E-state index contributed by atoms with van der Waals surface area (Å²) in [5, 5.41) is 3.89. The van der Waals surface area contributed by atoms with Gasteiger partial charge in [0, 0.05) is 31.1 Å². The summed E-state index contributed by atoms with van der Waals surface area (Å²) in [5.74, 6) is -1.13. The maximum Gasteiger partial charge on any atom is 0.356 e. The Kier molecular flexibility index (Phi) is 6.13. The highest BCUT2D eigenvalue weighted by Gasteiger charge is 2.24. The molecule has 1 N–H and O–H groups in total. The maximum absolute atomic E-state index is 13.0. The van der Waals surface area contributed by atoms with E-state index >= 15 is 0 Å². The van der Waals surface area contributed by atoms with E-state index in [0.29, 0.717) is 29.5 Å². The highest BCUT2D eigenvalue weighted by molar-refractivity contribution is 6.06. The van der Waals surface area contributed by atoms with Gasteiger partial charge in [-0.2, -0.15) is 0 Å². The molecule has 4 rings (SSSR count). The van der Waals surface area contributed by atoms with E-state index in [4.69, 9.17) is 9.47 Å². The smallest absolute Gasteiger partial charge is 0.356 e. The fraction of sp³-hybridized carbons (Fsp3) is 0.292. The monoisotopic (exact) mass is 420 g/mol. The molecule has 0 spiro atoms. The van der Waals surface area contributed by atoms with Crippen molar-refractivity contribution < 1.29 is 19.1 Å². The molecule has 0 saturated carbocycles. The van der Waals surface area contributed by atoms with Gasteiger partial charge in [-0.1, -0.05) is 48.5 Å². The molecule has 1 saturated heterocycles. The average molecular weight is 420 g/mol. The van der Waals surface area contributed by atoms with Crippen LogP contribution in [0.3, 0.4) is 0 Å². The van der Waals surface area contributed by atoms with Gasteiger partial charge in [-0.25, -0.2) is 4.79 Å². The number of ether oxygens (including phenoxy) is 2. The average Bonchev–Trinajstić information content (AvgIpc) is 3.32. The van der Waals surface area contributed by atoms with Gasteiger partial charge < -0.3 is 19.4 Å². The third kappa shape index (κ3) is 4.36. The predicted octanol–water partition coefficient (Wildman–Crippen LogP) is 2.66. The summed E-state index contributed by atoms with van der Waals surface area (Å²) in [6, 6.07) is 16.5. The quantitative estimate of drug-likeness (QED) is 0.620. The summed E-state index contributed by atoms with van der Waals surface area (Å²) >= 11 is 0. The Morgan fingerprint density at radius 3 is 2.52 bits per heavy atom. The topological polar surface area (TPSA) is 86.6 Å². The minimum absolute atomic E-state index is 0.00523. The summed E-state index contributed by atoms with van der Waals surface area (Å²) in [7, 11) is 1.54. The van der Waals surface area contributed by atoms with Crippen LogP contribution in [-0.2, 0) is 21.3 Å². The van der Waals surface area contributed by atoms with Crippen molar-refractivity contribution in [1.29, 1.82) is 0 Å². The number of amides is 1. The van der Waals surface area contributed by atoms with Crippen LogP contribution in [0.2, 0.25) is 0 Å². The zero-order valence-corrected chi connectivity index (χ0v) is 17.3. The van der Waals surface area contributed by atoms with Gasteiger partial charge in [-0.15, -0.1) is 0 Å². The number of hydrogen-bond acceptors (Lipinski definition) is 5. The standard InChI is InChI=1S/C24H24N2O5/c1-26-22(24(29)31-15-20(27)25-14-17-10-7-13-30-17)21(16-8-3-2-4-9-16)18-11-5-6-12-19(18)23(26)28/h2-6,8-9,11-12,17H,7,10,13-15H2,1H3,(H,25,27). The van der Waals surface area contributed by atoms with Crippen molar-refractivity contribution >= 4 is 22.6 Å². The molecule has 7 nitrogen and oxygen atoms in total. The summed E-state index contributed by atoms with van der Waals surface area (Å²) in [4.78, 5) is 38.1. The van der Waals surface area contributed by atoms with Gasteiger partial charge in [0.25, 0.3) is 11.5 Å². The second-order valence-electron chi connectivity index (χ2n) is 7.51. The fourth-order valence-corrected chi connectivity index (χ4v) is 3.88. The number of esters is 1. The van der Waals surface area contributed by atoms with Gasteiger partial charge >= 0.3 is 5.97 Å². The number of rotatable bonds is 6. The third-order valence-electron chi connectivity index (χ3n) is 5.44. The fourth-order valence-electron chi connectivity index (χ4n) is 3.88. The molecule has 1 aromatic heterocycles. The van der Waals surface area contributed by atoms with Crippen LogP contribution in [-0.4, -0.2) is 42.3 Å². The van der Waals surface area contributed by atoms with Crippen LogP contribution in [0.1, 0.15) is 23.3 Å². The van der Waals surface area contributed by atoms with Crippen molar-refractivity contribution in [2.75, 3.05) is 19.8 Å². The second-order valence-corrected chi connectivity index (χ2v) is 7.51. The van der Waals surface area contributed by atoms with Crippen molar-refractivity contribution in [1.82, 2.24) is 9.88 Å². The van der Waals surface area contributed by atoms with Crippen LogP contribution in [0.4, 0.5) is 0 Å². The number of aromatic nitrogens is 1. The molecule has 1 unspecified atom stereocenters. The first-order valence-corrected chi connectivity index (χ1v) is 10.3. The van der Waals surface area contributed by atoms with Crippen LogP contribution in [0.15, 0.2) is 59.4 Å². The van der Waals surface area contributed by atoms with Crippen LogP contribution < -0.4 is 10.9 Å². The van der Waals surface area contributed by atoms with Gasteiger partial charge in [0.2, 0.25) is 0 Å². The van der Waals surface area contributed by atoms with Crippen LogP contribution >= 0.6 is 0 Å². The molecular formula is C24H24N2O5. The molecule has 1 aliphatic heterocycles. The lowest BCUT2D eigenvalue weighted by molar-refractivity contribution is -0.124. The first-order chi connectivity index (χ1) is 15.1. The number of nitrogens with one attached hydrogen (secondary N) is 1. The highest BCUT2D eigenvalue weighted by Crippen LogP contribution is 2.30. The lowest BCUT2D eigenvalue weighted by Gasteiger charge is -2.17. The zero-order chi connectivity index (χ0) is 21.8. The van der Waals surface area contributed by atoms with E-state index in [1.165, 1.54) is 11.6 Å². The van der Waals surface area contributed by atoms with Gasteiger partial charge in [0.1, 0.15) is 5.69 Å². The van der Waals surface area contributed by atoms with Crippen molar-refractivity contribution in [3.8, 4) is 11.1 Å². The molecule has 160 valence electrons. The summed E-state index contributed by atoms with van der Waals surface area (Å²) in [6.07, 6.45) is 1.89. The lowest BCUT2D eigenvalue weighted by Crippen LogP contribution is -2.35. The van der Waals surface area contributed by atoms with Crippen molar-refractivity contribution in [3.63, 3.8) is 0 Å². The number of fused-ring (bicyclic) bond motifs is 1. The minimum atomic E-state index is -0.725. The third-order valence-corrected chi connectivity index (χ3v) is 5.44. The molecule has 1 amide bonds. The molecule has 1 atom stereocenters.